The fourth-order valence-electron chi connectivity index (χ4n) is 2.63. The van der Waals surface area contributed by atoms with E-state index in [9.17, 15) is 4.79 Å². The van der Waals surface area contributed by atoms with Gasteiger partial charge >= 0.3 is 0 Å². The molecule has 0 radical (unpaired) electrons. The summed E-state index contributed by atoms with van der Waals surface area (Å²) in [5.74, 6) is 1.43. The van der Waals surface area contributed by atoms with Crippen LogP contribution in [0.25, 0.3) is 0 Å². The van der Waals surface area contributed by atoms with Crippen molar-refractivity contribution < 1.29 is 4.79 Å². The molecule has 0 bridgehead atoms. The monoisotopic (exact) mass is 422 g/mol. The van der Waals surface area contributed by atoms with Gasteiger partial charge in [0.1, 0.15) is 0 Å². The molecule has 2 aliphatic rings. The van der Waals surface area contributed by atoms with Crippen LogP contribution >= 0.6 is 24.0 Å². The van der Waals surface area contributed by atoms with E-state index in [-0.39, 0.29) is 41.3 Å². The second-order valence-electron chi connectivity index (χ2n) is 7.33. The van der Waals surface area contributed by atoms with E-state index in [2.05, 4.69) is 55.1 Å². The minimum Gasteiger partial charge on any atom is -0.356 e. The van der Waals surface area contributed by atoms with Crippen LogP contribution in [-0.4, -0.2) is 48.5 Å². The van der Waals surface area contributed by atoms with Crippen molar-refractivity contribution in [1.82, 2.24) is 15.5 Å². The number of amides is 1. The van der Waals surface area contributed by atoms with Gasteiger partial charge in [-0.15, -0.1) is 24.0 Å². The van der Waals surface area contributed by atoms with Crippen molar-refractivity contribution >= 4 is 35.8 Å². The first-order chi connectivity index (χ1) is 9.79. The maximum atomic E-state index is 11.6. The Hall–Kier alpha value is -0.530. The second kappa shape index (κ2) is 7.36. The van der Waals surface area contributed by atoms with E-state index in [1.54, 1.807) is 0 Å². The minimum atomic E-state index is 0. The molecule has 0 atom stereocenters. The average Bonchev–Trinajstić information content (AvgIpc) is 3.24. The van der Waals surface area contributed by atoms with Crippen LogP contribution in [0.1, 0.15) is 47.5 Å². The molecule has 128 valence electrons. The van der Waals surface area contributed by atoms with E-state index >= 15 is 0 Å². The molecule has 0 unspecified atom stereocenters. The van der Waals surface area contributed by atoms with E-state index in [4.69, 9.17) is 0 Å². The van der Waals surface area contributed by atoms with Crippen LogP contribution in [0.15, 0.2) is 4.99 Å². The number of aliphatic imine (C=N–C) groups is 1. The Morgan fingerprint density at radius 3 is 2.32 bits per heavy atom. The Balaban J connectivity index is 0.00000242. The van der Waals surface area contributed by atoms with Gasteiger partial charge in [-0.1, -0.05) is 13.8 Å². The number of carbonyl (C=O) groups is 1. The molecule has 5 nitrogen and oxygen atoms in total. The lowest BCUT2D eigenvalue weighted by molar-refractivity contribution is -0.122. The first kappa shape index (κ1) is 19.5. The SMILES string of the molecule is CCNC(=NCCNC(=O)C1CC1)N1CC(C)(C)C1(C)C.I. The number of hydrogen-bond acceptors (Lipinski definition) is 2. The van der Waals surface area contributed by atoms with Crippen molar-refractivity contribution in [3.05, 3.63) is 0 Å². The van der Waals surface area contributed by atoms with Crippen molar-refractivity contribution in [2.75, 3.05) is 26.2 Å². The third-order valence-corrected chi connectivity index (χ3v) is 5.10. The molecule has 2 fully saturated rings. The maximum absolute atomic E-state index is 11.6. The summed E-state index contributed by atoms with van der Waals surface area (Å²) in [5, 5.41) is 6.33. The van der Waals surface area contributed by atoms with Crippen LogP contribution in [0.2, 0.25) is 0 Å². The van der Waals surface area contributed by atoms with E-state index in [1.807, 2.05) is 0 Å². The van der Waals surface area contributed by atoms with Gasteiger partial charge in [-0.3, -0.25) is 9.79 Å². The second-order valence-corrected chi connectivity index (χ2v) is 7.33. The standard InChI is InChI=1S/C16H30N4O.HI/c1-6-17-14(20-11-15(2,3)16(20,4)5)19-10-9-18-13(21)12-7-8-12;/h12H,6-11H2,1-5H3,(H,17,19)(H,18,21);1H. The molecule has 1 amide bonds. The fourth-order valence-corrected chi connectivity index (χ4v) is 2.63. The highest BCUT2D eigenvalue weighted by Crippen LogP contribution is 2.46. The zero-order valence-electron chi connectivity index (χ0n) is 14.5. The average molecular weight is 422 g/mol. The predicted octanol–water partition coefficient (Wildman–Crippen LogP) is 2.22. The van der Waals surface area contributed by atoms with E-state index < -0.39 is 0 Å². The van der Waals surface area contributed by atoms with Crippen LogP contribution in [0.4, 0.5) is 0 Å². The molecule has 2 N–H and O–H groups in total. The van der Waals surface area contributed by atoms with E-state index in [1.165, 1.54) is 0 Å². The molecule has 6 heteroatoms. The number of carbonyl (C=O) groups excluding carboxylic acids is 1. The van der Waals surface area contributed by atoms with Gasteiger partial charge in [-0.25, -0.2) is 0 Å². The third-order valence-electron chi connectivity index (χ3n) is 5.10. The largest absolute Gasteiger partial charge is 0.356 e. The van der Waals surface area contributed by atoms with Crippen LogP contribution in [0.5, 0.6) is 0 Å². The van der Waals surface area contributed by atoms with Gasteiger partial charge in [0.2, 0.25) is 5.91 Å². The quantitative estimate of drug-likeness (QED) is 0.309. The third kappa shape index (κ3) is 4.06. The molecule has 0 spiro atoms. The van der Waals surface area contributed by atoms with Gasteiger partial charge < -0.3 is 15.5 Å². The first-order valence-electron chi connectivity index (χ1n) is 8.13. The summed E-state index contributed by atoms with van der Waals surface area (Å²) in [6, 6.07) is 0. The molecular weight excluding hydrogens is 391 g/mol. The number of rotatable bonds is 5. The number of nitrogens with zero attached hydrogens (tertiary/aromatic N) is 2. The molecule has 0 aromatic carbocycles. The highest BCUT2D eigenvalue weighted by molar-refractivity contribution is 14.0. The Bertz CT molecular complexity index is 430. The molecular formula is C16H31IN4O. The molecule has 2 rings (SSSR count). The Kier molecular flexibility index (Phi) is 6.53. The lowest BCUT2D eigenvalue weighted by atomic mass is 9.65. The topological polar surface area (TPSA) is 56.7 Å². The van der Waals surface area contributed by atoms with Crippen LogP contribution in [0.3, 0.4) is 0 Å². The van der Waals surface area contributed by atoms with Crippen molar-refractivity contribution in [2.45, 2.75) is 53.0 Å². The maximum Gasteiger partial charge on any atom is 0.223 e. The Labute approximate surface area is 151 Å². The van der Waals surface area contributed by atoms with Crippen molar-refractivity contribution in [3.8, 4) is 0 Å². The number of likely N-dealkylation sites (tertiary alicyclic amines) is 1. The summed E-state index contributed by atoms with van der Waals surface area (Å²) >= 11 is 0. The zero-order chi connectivity index (χ0) is 15.7. The van der Waals surface area contributed by atoms with E-state index in [0.717, 1.165) is 31.9 Å². The normalized spacial score (nSPS) is 22.4. The minimum absolute atomic E-state index is 0. The summed E-state index contributed by atoms with van der Waals surface area (Å²) in [6.07, 6.45) is 2.10. The molecule has 1 aliphatic heterocycles. The van der Waals surface area contributed by atoms with Crippen LogP contribution < -0.4 is 10.6 Å². The zero-order valence-corrected chi connectivity index (χ0v) is 16.9. The van der Waals surface area contributed by atoms with E-state index in [0.29, 0.717) is 18.5 Å². The lowest BCUT2D eigenvalue weighted by Gasteiger charge is -2.62. The van der Waals surface area contributed by atoms with Crippen LogP contribution in [0, 0.1) is 11.3 Å². The molecule has 1 heterocycles. The Morgan fingerprint density at radius 2 is 1.86 bits per heavy atom. The molecule has 1 saturated heterocycles. The van der Waals surface area contributed by atoms with Gasteiger partial charge in [-0.05, 0) is 33.6 Å². The van der Waals surface area contributed by atoms with Gasteiger partial charge in [0.25, 0.3) is 0 Å². The summed E-state index contributed by atoms with van der Waals surface area (Å²) in [6.45, 7) is 14.3. The summed E-state index contributed by atoms with van der Waals surface area (Å²) < 4.78 is 0. The van der Waals surface area contributed by atoms with Crippen molar-refractivity contribution in [3.63, 3.8) is 0 Å². The van der Waals surface area contributed by atoms with Gasteiger partial charge in [-0.2, -0.15) is 0 Å². The summed E-state index contributed by atoms with van der Waals surface area (Å²) in [7, 11) is 0. The smallest absolute Gasteiger partial charge is 0.223 e. The number of halogens is 1. The molecule has 0 aromatic heterocycles. The van der Waals surface area contributed by atoms with Gasteiger partial charge in [0.05, 0.1) is 6.54 Å². The molecule has 22 heavy (non-hydrogen) atoms. The molecule has 1 saturated carbocycles. The summed E-state index contributed by atoms with van der Waals surface area (Å²) in [4.78, 5) is 18.6. The number of nitrogens with one attached hydrogen (secondary N) is 2. The molecule has 0 aromatic rings. The number of guanidine groups is 1. The number of hydrogen-bond donors (Lipinski definition) is 2. The molecule has 1 aliphatic carbocycles. The Morgan fingerprint density at radius 1 is 1.23 bits per heavy atom. The first-order valence-corrected chi connectivity index (χ1v) is 8.13. The predicted molar refractivity (Wildman–Crippen MR) is 102 cm³/mol. The van der Waals surface area contributed by atoms with Gasteiger partial charge in [0, 0.05) is 36.5 Å². The van der Waals surface area contributed by atoms with Gasteiger partial charge in [0.15, 0.2) is 5.96 Å². The van der Waals surface area contributed by atoms with Crippen LogP contribution in [-0.2, 0) is 4.79 Å². The highest BCUT2D eigenvalue weighted by Gasteiger charge is 2.53. The highest BCUT2D eigenvalue weighted by atomic mass is 127. The summed E-state index contributed by atoms with van der Waals surface area (Å²) in [5.41, 5.74) is 0.397. The lowest BCUT2D eigenvalue weighted by Crippen LogP contribution is -2.72. The fraction of sp³-hybridized carbons (Fsp3) is 0.875. The van der Waals surface area contributed by atoms with Crippen molar-refractivity contribution in [2.24, 2.45) is 16.3 Å². The van der Waals surface area contributed by atoms with Crippen molar-refractivity contribution in [1.29, 1.82) is 0 Å².